The SMILES string of the molecule is O=C(O)C1CCN(c2ccc3nonc3c2[N+](=O)[O-])CC1. The van der Waals surface area contributed by atoms with E-state index in [0.717, 1.165) is 0 Å². The van der Waals surface area contributed by atoms with E-state index in [1.807, 2.05) is 4.90 Å². The fraction of sp³-hybridized carbons (Fsp3) is 0.417. The molecule has 1 aliphatic heterocycles. The zero-order valence-corrected chi connectivity index (χ0v) is 10.9. The van der Waals surface area contributed by atoms with Gasteiger partial charge in [-0.05, 0) is 35.3 Å². The molecule has 9 nitrogen and oxygen atoms in total. The van der Waals surface area contributed by atoms with E-state index in [0.29, 0.717) is 37.1 Å². The van der Waals surface area contributed by atoms with E-state index >= 15 is 0 Å². The van der Waals surface area contributed by atoms with Crippen LogP contribution in [0.5, 0.6) is 0 Å². The zero-order chi connectivity index (χ0) is 15.0. The second-order valence-corrected chi connectivity index (χ2v) is 4.92. The van der Waals surface area contributed by atoms with Gasteiger partial charge in [0.05, 0.1) is 10.8 Å². The van der Waals surface area contributed by atoms with Crippen LogP contribution in [0.15, 0.2) is 16.8 Å². The van der Waals surface area contributed by atoms with Crippen molar-refractivity contribution in [1.82, 2.24) is 10.3 Å². The Morgan fingerprint density at radius 1 is 1.38 bits per heavy atom. The third-order valence-electron chi connectivity index (χ3n) is 3.75. The number of carboxylic acids is 1. The fourth-order valence-corrected chi connectivity index (χ4v) is 2.63. The minimum Gasteiger partial charge on any atom is -0.481 e. The van der Waals surface area contributed by atoms with Crippen molar-refractivity contribution in [2.24, 2.45) is 5.92 Å². The van der Waals surface area contributed by atoms with Gasteiger partial charge in [0.15, 0.2) is 0 Å². The molecule has 1 saturated heterocycles. The summed E-state index contributed by atoms with van der Waals surface area (Å²) in [7, 11) is 0. The molecule has 110 valence electrons. The Bertz CT molecular complexity index is 705. The van der Waals surface area contributed by atoms with Crippen LogP contribution in [0.2, 0.25) is 0 Å². The van der Waals surface area contributed by atoms with Gasteiger partial charge in [0.1, 0.15) is 11.2 Å². The van der Waals surface area contributed by atoms with Gasteiger partial charge in [0, 0.05) is 13.1 Å². The van der Waals surface area contributed by atoms with Crippen LogP contribution in [0, 0.1) is 16.0 Å². The number of carbonyl (C=O) groups is 1. The molecule has 9 heteroatoms. The number of hydrogen-bond acceptors (Lipinski definition) is 7. The van der Waals surface area contributed by atoms with Crippen LogP contribution in [-0.2, 0) is 4.79 Å². The number of aromatic nitrogens is 2. The highest BCUT2D eigenvalue weighted by atomic mass is 16.6. The number of nitro groups is 1. The van der Waals surface area contributed by atoms with E-state index in [4.69, 9.17) is 5.11 Å². The van der Waals surface area contributed by atoms with Crippen LogP contribution in [0.25, 0.3) is 11.0 Å². The van der Waals surface area contributed by atoms with Gasteiger partial charge in [-0.25, -0.2) is 4.63 Å². The van der Waals surface area contributed by atoms with Gasteiger partial charge in [0.25, 0.3) is 0 Å². The molecule has 1 aromatic carbocycles. The number of nitrogens with zero attached hydrogens (tertiary/aromatic N) is 4. The van der Waals surface area contributed by atoms with E-state index in [-0.39, 0.29) is 11.2 Å². The quantitative estimate of drug-likeness (QED) is 0.665. The predicted molar refractivity (Wildman–Crippen MR) is 71.0 cm³/mol. The lowest BCUT2D eigenvalue weighted by Gasteiger charge is -2.31. The van der Waals surface area contributed by atoms with Gasteiger partial charge in [-0.15, -0.1) is 0 Å². The van der Waals surface area contributed by atoms with Crippen molar-refractivity contribution >= 4 is 28.4 Å². The molecule has 2 heterocycles. The van der Waals surface area contributed by atoms with Crippen LogP contribution in [0.4, 0.5) is 11.4 Å². The molecule has 3 rings (SSSR count). The molecular formula is C12H12N4O5. The molecule has 21 heavy (non-hydrogen) atoms. The molecule has 1 N–H and O–H groups in total. The van der Waals surface area contributed by atoms with Crippen LogP contribution in [-0.4, -0.2) is 39.4 Å². The maximum Gasteiger partial charge on any atom is 0.323 e. The molecule has 0 atom stereocenters. The van der Waals surface area contributed by atoms with Crippen molar-refractivity contribution in [3.8, 4) is 0 Å². The van der Waals surface area contributed by atoms with E-state index < -0.39 is 16.8 Å². The minimum atomic E-state index is -0.819. The van der Waals surface area contributed by atoms with E-state index in [1.165, 1.54) is 0 Å². The summed E-state index contributed by atoms with van der Waals surface area (Å²) in [6, 6.07) is 3.21. The van der Waals surface area contributed by atoms with Gasteiger partial charge >= 0.3 is 11.7 Å². The Labute approximate surface area is 118 Å². The first-order valence-electron chi connectivity index (χ1n) is 6.45. The summed E-state index contributed by atoms with van der Waals surface area (Å²) in [6.07, 6.45) is 0.920. The number of aliphatic carboxylic acids is 1. The van der Waals surface area contributed by atoms with Crippen molar-refractivity contribution in [2.75, 3.05) is 18.0 Å². The highest BCUT2D eigenvalue weighted by Crippen LogP contribution is 2.36. The summed E-state index contributed by atoms with van der Waals surface area (Å²) in [5.74, 6) is -1.21. The van der Waals surface area contributed by atoms with Gasteiger partial charge < -0.3 is 10.0 Å². The van der Waals surface area contributed by atoms with Crippen LogP contribution in [0.3, 0.4) is 0 Å². The Balaban J connectivity index is 1.95. The zero-order valence-electron chi connectivity index (χ0n) is 10.9. The van der Waals surface area contributed by atoms with Gasteiger partial charge in [-0.3, -0.25) is 14.9 Å². The van der Waals surface area contributed by atoms with Crippen LogP contribution in [0.1, 0.15) is 12.8 Å². The summed E-state index contributed by atoms with van der Waals surface area (Å²) in [4.78, 5) is 23.6. The van der Waals surface area contributed by atoms with E-state index in [1.54, 1.807) is 12.1 Å². The number of rotatable bonds is 3. The molecular weight excluding hydrogens is 280 g/mol. The molecule has 0 spiro atoms. The van der Waals surface area contributed by atoms with Gasteiger partial charge in [-0.2, -0.15) is 0 Å². The van der Waals surface area contributed by atoms with Crippen LogP contribution >= 0.6 is 0 Å². The molecule has 0 unspecified atom stereocenters. The first-order valence-corrected chi connectivity index (χ1v) is 6.45. The highest BCUT2D eigenvalue weighted by molar-refractivity contribution is 5.91. The number of benzene rings is 1. The fourth-order valence-electron chi connectivity index (χ4n) is 2.63. The van der Waals surface area contributed by atoms with Gasteiger partial charge in [-0.1, -0.05) is 0 Å². The number of nitro benzene ring substituents is 1. The summed E-state index contributed by atoms with van der Waals surface area (Å²) < 4.78 is 4.55. The smallest absolute Gasteiger partial charge is 0.323 e. The lowest BCUT2D eigenvalue weighted by molar-refractivity contribution is -0.382. The number of anilines is 1. The number of hydrogen-bond donors (Lipinski definition) is 1. The van der Waals surface area contributed by atoms with E-state index in [2.05, 4.69) is 14.9 Å². The molecule has 1 fully saturated rings. The minimum absolute atomic E-state index is 0.109. The molecule has 0 radical (unpaired) electrons. The molecule has 1 aromatic heterocycles. The number of fused-ring (bicyclic) bond motifs is 1. The average molecular weight is 292 g/mol. The molecule has 0 aliphatic carbocycles. The van der Waals surface area contributed by atoms with E-state index in [9.17, 15) is 14.9 Å². The second-order valence-electron chi connectivity index (χ2n) is 4.92. The average Bonchev–Trinajstić information content (AvgIpc) is 2.94. The summed E-state index contributed by atoms with van der Waals surface area (Å²) in [5.41, 5.74) is 0.707. The monoisotopic (exact) mass is 292 g/mol. The summed E-state index contributed by atoms with van der Waals surface area (Å²) in [5, 5.41) is 27.5. The Morgan fingerprint density at radius 2 is 2.10 bits per heavy atom. The predicted octanol–water partition coefficient (Wildman–Crippen LogP) is 1.43. The molecule has 0 saturated carbocycles. The normalized spacial score (nSPS) is 16.3. The lowest BCUT2D eigenvalue weighted by Crippen LogP contribution is -2.36. The maximum atomic E-state index is 11.3. The topological polar surface area (TPSA) is 123 Å². The highest BCUT2D eigenvalue weighted by Gasteiger charge is 2.30. The Hall–Kier alpha value is -2.71. The van der Waals surface area contributed by atoms with Gasteiger partial charge in [0.2, 0.25) is 5.52 Å². The molecule has 1 aliphatic rings. The molecule has 0 bridgehead atoms. The summed E-state index contributed by atoms with van der Waals surface area (Å²) >= 11 is 0. The second kappa shape index (κ2) is 5.00. The molecule has 0 amide bonds. The Morgan fingerprint density at radius 3 is 2.71 bits per heavy atom. The van der Waals surface area contributed by atoms with Crippen molar-refractivity contribution in [3.05, 3.63) is 22.2 Å². The van der Waals surface area contributed by atoms with Crippen molar-refractivity contribution in [3.63, 3.8) is 0 Å². The third-order valence-corrected chi connectivity index (χ3v) is 3.75. The molecule has 2 aromatic rings. The number of piperidine rings is 1. The number of carboxylic acid groups (broad SMARTS) is 1. The Kier molecular flexibility index (Phi) is 3.16. The first-order chi connectivity index (χ1) is 10.1. The largest absolute Gasteiger partial charge is 0.481 e. The summed E-state index contributed by atoms with van der Waals surface area (Å²) in [6.45, 7) is 0.906. The van der Waals surface area contributed by atoms with Crippen LogP contribution < -0.4 is 4.90 Å². The van der Waals surface area contributed by atoms with Crippen molar-refractivity contribution in [2.45, 2.75) is 12.8 Å². The lowest BCUT2D eigenvalue weighted by atomic mass is 9.96. The maximum absolute atomic E-state index is 11.3. The first kappa shape index (κ1) is 13.3. The third kappa shape index (κ3) is 2.26. The van der Waals surface area contributed by atoms with Crippen molar-refractivity contribution in [1.29, 1.82) is 0 Å². The standard InChI is InChI=1S/C12H12N4O5/c17-12(18)7-3-5-15(6-4-7)9-2-1-8-10(14-21-13-8)11(9)16(19)20/h1-2,7H,3-6H2,(H,17,18). The van der Waals surface area contributed by atoms with Crippen molar-refractivity contribution < 1.29 is 19.5 Å².